The molecule has 0 aliphatic heterocycles. The lowest BCUT2D eigenvalue weighted by Crippen LogP contribution is -1.89. The molecule has 2 aromatic rings. The minimum absolute atomic E-state index is 0.191. The number of hydrogen-bond acceptors (Lipinski definition) is 2. The van der Waals surface area contributed by atoms with Gasteiger partial charge in [-0.15, -0.1) is 11.8 Å². The van der Waals surface area contributed by atoms with E-state index in [0.717, 1.165) is 13.8 Å². The fourth-order valence-electron chi connectivity index (χ4n) is 1.43. The fourth-order valence-corrected chi connectivity index (χ4v) is 3.41. The van der Waals surface area contributed by atoms with Crippen molar-refractivity contribution < 1.29 is 4.39 Å². The third kappa shape index (κ3) is 3.49. The van der Waals surface area contributed by atoms with E-state index in [9.17, 15) is 4.39 Å². The van der Waals surface area contributed by atoms with Gasteiger partial charge in [-0.05, 0) is 51.8 Å². The quantitative estimate of drug-likeness (QED) is 0.573. The highest BCUT2D eigenvalue weighted by Gasteiger charge is 2.06. The van der Waals surface area contributed by atoms with Gasteiger partial charge in [0.2, 0.25) is 0 Å². The van der Waals surface area contributed by atoms with Gasteiger partial charge in [-0.25, -0.2) is 4.39 Å². The van der Waals surface area contributed by atoms with Crippen LogP contribution >= 0.6 is 43.6 Å². The molecule has 2 rings (SSSR count). The van der Waals surface area contributed by atoms with Crippen molar-refractivity contribution in [3.63, 3.8) is 0 Å². The molecular weight excluding hydrogens is 381 g/mol. The second-order valence-electron chi connectivity index (χ2n) is 3.71. The molecule has 0 spiro atoms. The van der Waals surface area contributed by atoms with Gasteiger partial charge < -0.3 is 5.73 Å². The Morgan fingerprint density at radius 3 is 2.56 bits per heavy atom. The lowest BCUT2D eigenvalue weighted by atomic mass is 10.2. The Hall–Kier alpha value is -0.520. The number of nitrogen functional groups attached to an aromatic ring is 1. The number of hydrogen-bond donors (Lipinski definition) is 1. The van der Waals surface area contributed by atoms with Crippen LogP contribution in [0.2, 0.25) is 0 Å². The van der Waals surface area contributed by atoms with E-state index in [4.69, 9.17) is 5.73 Å². The topological polar surface area (TPSA) is 26.0 Å². The molecule has 1 nitrogen and oxygen atoms in total. The van der Waals surface area contributed by atoms with Crippen LogP contribution in [0.1, 0.15) is 5.56 Å². The Morgan fingerprint density at radius 2 is 1.89 bits per heavy atom. The Morgan fingerprint density at radius 1 is 1.11 bits per heavy atom. The first-order valence-corrected chi connectivity index (χ1v) is 7.75. The van der Waals surface area contributed by atoms with Crippen molar-refractivity contribution in [2.45, 2.75) is 10.6 Å². The molecule has 0 aliphatic rings. The van der Waals surface area contributed by atoms with E-state index in [1.54, 1.807) is 17.8 Å². The monoisotopic (exact) mass is 389 g/mol. The van der Waals surface area contributed by atoms with Gasteiger partial charge in [-0.3, -0.25) is 0 Å². The van der Waals surface area contributed by atoms with E-state index >= 15 is 0 Å². The fraction of sp³-hybridized carbons (Fsp3) is 0.0769. The second-order valence-corrected chi connectivity index (χ2v) is 6.50. The number of halogens is 3. The molecule has 0 unspecified atom stereocenters. The van der Waals surface area contributed by atoms with Crippen LogP contribution in [0.5, 0.6) is 0 Å². The molecule has 0 radical (unpaired) electrons. The summed E-state index contributed by atoms with van der Waals surface area (Å²) in [5, 5.41) is 0. The molecule has 0 saturated carbocycles. The van der Waals surface area contributed by atoms with Gasteiger partial charge in [0.15, 0.2) is 0 Å². The van der Waals surface area contributed by atoms with Gasteiger partial charge in [-0.2, -0.15) is 0 Å². The molecule has 0 fully saturated rings. The minimum Gasteiger partial charge on any atom is -0.399 e. The molecule has 2 aromatic carbocycles. The molecule has 0 aliphatic carbocycles. The molecular formula is C13H10Br2FNS. The van der Waals surface area contributed by atoms with Crippen molar-refractivity contribution in [1.82, 2.24) is 0 Å². The lowest BCUT2D eigenvalue weighted by Gasteiger charge is -2.06. The smallest absolute Gasteiger partial charge is 0.128 e. The average molecular weight is 391 g/mol. The van der Waals surface area contributed by atoms with Crippen LogP contribution in [-0.4, -0.2) is 0 Å². The molecule has 0 heterocycles. The summed E-state index contributed by atoms with van der Waals surface area (Å²) < 4.78 is 15.3. The normalized spacial score (nSPS) is 10.6. The van der Waals surface area contributed by atoms with Gasteiger partial charge >= 0.3 is 0 Å². The van der Waals surface area contributed by atoms with Gasteiger partial charge in [-0.1, -0.05) is 22.0 Å². The van der Waals surface area contributed by atoms with Crippen molar-refractivity contribution in [3.05, 3.63) is 56.7 Å². The van der Waals surface area contributed by atoms with Gasteiger partial charge in [0.25, 0.3) is 0 Å². The summed E-state index contributed by atoms with van der Waals surface area (Å²) in [5.41, 5.74) is 7.07. The molecule has 5 heteroatoms. The molecule has 18 heavy (non-hydrogen) atoms. The number of benzene rings is 2. The third-order valence-electron chi connectivity index (χ3n) is 2.35. The number of thioether (sulfide) groups is 1. The van der Waals surface area contributed by atoms with Crippen molar-refractivity contribution in [2.75, 3.05) is 5.73 Å². The SMILES string of the molecule is Nc1ccc(SCc2ccc(Br)cc2F)c(Br)c1. The molecule has 0 bridgehead atoms. The number of anilines is 1. The average Bonchev–Trinajstić information content (AvgIpc) is 2.30. The Kier molecular flexibility index (Phi) is 4.70. The van der Waals surface area contributed by atoms with E-state index < -0.39 is 0 Å². The second kappa shape index (κ2) is 6.08. The molecule has 0 amide bonds. The van der Waals surface area contributed by atoms with Crippen LogP contribution in [0.4, 0.5) is 10.1 Å². The summed E-state index contributed by atoms with van der Waals surface area (Å²) in [5.74, 6) is 0.394. The molecule has 2 N–H and O–H groups in total. The highest BCUT2D eigenvalue weighted by atomic mass is 79.9. The van der Waals surface area contributed by atoms with Gasteiger partial charge in [0.05, 0.1) is 0 Å². The van der Waals surface area contributed by atoms with E-state index in [0.29, 0.717) is 17.0 Å². The third-order valence-corrected chi connectivity index (χ3v) is 4.89. The first-order chi connectivity index (χ1) is 8.56. The van der Waals surface area contributed by atoms with Gasteiger partial charge in [0.1, 0.15) is 5.82 Å². The molecule has 0 saturated heterocycles. The largest absolute Gasteiger partial charge is 0.399 e. The predicted octanol–water partition coefficient (Wildman–Crippen LogP) is 5.23. The van der Waals surface area contributed by atoms with E-state index in [1.165, 1.54) is 6.07 Å². The standard InChI is InChI=1S/C13H10Br2FNS/c14-9-2-1-8(12(16)5-9)7-18-13-4-3-10(17)6-11(13)15/h1-6H,7,17H2. The van der Waals surface area contributed by atoms with E-state index in [-0.39, 0.29) is 5.82 Å². The molecule has 94 valence electrons. The summed E-state index contributed by atoms with van der Waals surface area (Å²) in [6.45, 7) is 0. The van der Waals surface area contributed by atoms with Crippen LogP contribution in [0.25, 0.3) is 0 Å². The number of nitrogens with two attached hydrogens (primary N) is 1. The van der Waals surface area contributed by atoms with E-state index in [2.05, 4.69) is 31.9 Å². The number of rotatable bonds is 3. The zero-order chi connectivity index (χ0) is 13.1. The highest BCUT2D eigenvalue weighted by Crippen LogP contribution is 2.32. The van der Waals surface area contributed by atoms with Crippen molar-refractivity contribution in [3.8, 4) is 0 Å². The Balaban J connectivity index is 2.11. The Labute approximate surface area is 126 Å². The first kappa shape index (κ1) is 13.9. The molecule has 0 atom stereocenters. The van der Waals surface area contributed by atoms with Crippen LogP contribution in [-0.2, 0) is 5.75 Å². The summed E-state index contributed by atoms with van der Waals surface area (Å²) in [6, 6.07) is 10.7. The van der Waals surface area contributed by atoms with Gasteiger partial charge in [0, 0.05) is 25.3 Å². The summed E-state index contributed by atoms with van der Waals surface area (Å²) in [6.07, 6.45) is 0. The highest BCUT2D eigenvalue weighted by molar-refractivity contribution is 9.10. The van der Waals surface area contributed by atoms with Crippen LogP contribution < -0.4 is 5.73 Å². The van der Waals surface area contributed by atoms with E-state index in [1.807, 2.05) is 24.3 Å². The summed E-state index contributed by atoms with van der Waals surface area (Å²) in [4.78, 5) is 1.05. The predicted molar refractivity (Wildman–Crippen MR) is 82.2 cm³/mol. The maximum atomic E-state index is 13.6. The van der Waals surface area contributed by atoms with Crippen molar-refractivity contribution >= 4 is 49.3 Å². The zero-order valence-corrected chi connectivity index (χ0v) is 13.3. The maximum Gasteiger partial charge on any atom is 0.128 e. The van der Waals surface area contributed by atoms with Crippen molar-refractivity contribution in [1.29, 1.82) is 0 Å². The van der Waals surface area contributed by atoms with Crippen LogP contribution in [0.15, 0.2) is 50.2 Å². The molecule has 0 aromatic heterocycles. The maximum absolute atomic E-state index is 13.6. The van der Waals surface area contributed by atoms with Crippen molar-refractivity contribution in [2.24, 2.45) is 0 Å². The van der Waals surface area contributed by atoms with Crippen LogP contribution in [0, 0.1) is 5.82 Å². The minimum atomic E-state index is -0.191. The van der Waals surface area contributed by atoms with Crippen LogP contribution in [0.3, 0.4) is 0 Å². The zero-order valence-electron chi connectivity index (χ0n) is 9.29. The Bertz CT molecular complexity index is 523. The summed E-state index contributed by atoms with van der Waals surface area (Å²) >= 11 is 8.26. The summed E-state index contributed by atoms with van der Waals surface area (Å²) in [7, 11) is 0. The first-order valence-electron chi connectivity index (χ1n) is 5.18. The lowest BCUT2D eigenvalue weighted by molar-refractivity contribution is 0.616.